The molecule has 6 heteroatoms. The van der Waals surface area contributed by atoms with Crippen molar-refractivity contribution in [2.75, 3.05) is 27.9 Å². The van der Waals surface area contributed by atoms with E-state index >= 15 is 0 Å². The van der Waals surface area contributed by atoms with Crippen molar-refractivity contribution in [2.24, 2.45) is 0 Å². The fourth-order valence-electron chi connectivity index (χ4n) is 3.01. The Labute approximate surface area is 154 Å². The Balaban J connectivity index is 1.67. The van der Waals surface area contributed by atoms with Crippen molar-refractivity contribution in [1.29, 1.82) is 0 Å². The summed E-state index contributed by atoms with van der Waals surface area (Å²) in [5, 5.41) is 2.21. The van der Waals surface area contributed by atoms with Gasteiger partial charge in [0.25, 0.3) is 0 Å². The molecule has 26 heavy (non-hydrogen) atoms. The normalized spacial score (nSPS) is 16.7. The standard InChI is InChI=1S/C20H25NO5/c1-13(20-12-25-15-7-5-6-8-16(15)26-20)21-11-14-9-18(23-3)19(24-4)10-17(14)22-2/h5-10,13,20-21H,11-12H2,1-4H3/p+1/t13-,20-/m1/s1. The highest BCUT2D eigenvalue weighted by molar-refractivity contribution is 5.50. The lowest BCUT2D eigenvalue weighted by atomic mass is 10.1. The SMILES string of the molecule is COc1cc(OC)c(OC)cc1C[NH2+][C@H](C)[C@H]1COc2ccccc2O1. The molecular weight excluding hydrogens is 334 g/mol. The molecule has 2 aromatic carbocycles. The van der Waals surface area contributed by atoms with E-state index in [1.165, 1.54) is 0 Å². The number of nitrogens with two attached hydrogens (primary N) is 1. The lowest BCUT2D eigenvalue weighted by Gasteiger charge is -2.29. The maximum atomic E-state index is 6.09. The second-order valence-corrected chi connectivity index (χ2v) is 6.23. The summed E-state index contributed by atoms with van der Waals surface area (Å²) in [7, 11) is 4.90. The number of hydrogen-bond donors (Lipinski definition) is 1. The number of benzene rings is 2. The van der Waals surface area contributed by atoms with Crippen LogP contribution in [-0.4, -0.2) is 40.1 Å². The van der Waals surface area contributed by atoms with Crippen molar-refractivity contribution >= 4 is 0 Å². The number of rotatable bonds is 7. The molecule has 0 aliphatic carbocycles. The molecule has 0 saturated carbocycles. The first-order valence-electron chi connectivity index (χ1n) is 8.67. The molecule has 6 nitrogen and oxygen atoms in total. The van der Waals surface area contributed by atoms with Gasteiger partial charge in [-0.1, -0.05) is 12.1 Å². The molecule has 0 bridgehead atoms. The summed E-state index contributed by atoms with van der Waals surface area (Å²) in [5.74, 6) is 3.72. The number of hydrogen-bond acceptors (Lipinski definition) is 5. The molecule has 0 fully saturated rings. The molecule has 0 saturated heterocycles. The molecule has 0 unspecified atom stereocenters. The van der Waals surface area contributed by atoms with Crippen LogP contribution in [0.2, 0.25) is 0 Å². The molecule has 3 rings (SSSR count). The van der Waals surface area contributed by atoms with Crippen LogP contribution in [0.5, 0.6) is 28.7 Å². The zero-order valence-corrected chi connectivity index (χ0v) is 15.7. The maximum Gasteiger partial charge on any atom is 0.184 e. The van der Waals surface area contributed by atoms with Crippen LogP contribution in [-0.2, 0) is 6.54 Å². The molecule has 0 aromatic heterocycles. The van der Waals surface area contributed by atoms with Crippen LogP contribution < -0.4 is 29.0 Å². The zero-order valence-electron chi connectivity index (χ0n) is 15.7. The predicted molar refractivity (Wildman–Crippen MR) is 97.5 cm³/mol. The summed E-state index contributed by atoms with van der Waals surface area (Å²) in [6, 6.07) is 11.8. The summed E-state index contributed by atoms with van der Waals surface area (Å²) in [6.45, 7) is 3.40. The lowest BCUT2D eigenvalue weighted by molar-refractivity contribution is -0.707. The molecule has 0 amide bonds. The highest BCUT2D eigenvalue weighted by atomic mass is 16.6. The van der Waals surface area contributed by atoms with E-state index in [1.807, 2.05) is 36.4 Å². The van der Waals surface area contributed by atoms with Gasteiger partial charge in [-0.05, 0) is 25.1 Å². The summed E-state index contributed by atoms with van der Waals surface area (Å²) in [4.78, 5) is 0. The molecule has 1 aliphatic heterocycles. The van der Waals surface area contributed by atoms with Crippen LogP contribution in [0.25, 0.3) is 0 Å². The minimum absolute atomic E-state index is 0.0176. The maximum absolute atomic E-state index is 6.09. The van der Waals surface area contributed by atoms with E-state index in [0.29, 0.717) is 18.1 Å². The van der Waals surface area contributed by atoms with Gasteiger partial charge in [0.05, 0.1) is 26.9 Å². The highest BCUT2D eigenvalue weighted by Crippen LogP contribution is 2.34. The van der Waals surface area contributed by atoms with Gasteiger partial charge in [0, 0.05) is 6.07 Å². The predicted octanol–water partition coefficient (Wildman–Crippen LogP) is 2.00. The second-order valence-electron chi connectivity index (χ2n) is 6.23. The third kappa shape index (κ3) is 3.80. The summed E-state index contributed by atoms with van der Waals surface area (Å²) in [5.41, 5.74) is 1.04. The van der Waals surface area contributed by atoms with Gasteiger partial charge in [-0.2, -0.15) is 0 Å². The Morgan fingerprint density at radius 2 is 1.65 bits per heavy atom. The Bertz CT molecular complexity index is 749. The fraction of sp³-hybridized carbons (Fsp3) is 0.400. The van der Waals surface area contributed by atoms with Crippen LogP contribution in [0.4, 0.5) is 0 Å². The minimum atomic E-state index is -0.0176. The zero-order chi connectivity index (χ0) is 18.5. The molecule has 2 N–H and O–H groups in total. The monoisotopic (exact) mass is 360 g/mol. The quantitative estimate of drug-likeness (QED) is 0.818. The Morgan fingerprint density at radius 1 is 1.00 bits per heavy atom. The van der Waals surface area contributed by atoms with Gasteiger partial charge >= 0.3 is 0 Å². The van der Waals surface area contributed by atoms with Gasteiger partial charge in [0.15, 0.2) is 29.1 Å². The van der Waals surface area contributed by atoms with Crippen LogP contribution in [0.3, 0.4) is 0 Å². The van der Waals surface area contributed by atoms with Gasteiger partial charge in [-0.3, -0.25) is 0 Å². The van der Waals surface area contributed by atoms with E-state index in [0.717, 1.165) is 29.4 Å². The van der Waals surface area contributed by atoms with Gasteiger partial charge in [0.2, 0.25) is 0 Å². The molecule has 2 atom stereocenters. The topological polar surface area (TPSA) is 62.8 Å². The van der Waals surface area contributed by atoms with Crippen molar-refractivity contribution in [3.05, 3.63) is 42.0 Å². The van der Waals surface area contributed by atoms with Gasteiger partial charge in [-0.15, -0.1) is 0 Å². The second kappa shape index (κ2) is 8.19. The molecule has 2 aromatic rings. The highest BCUT2D eigenvalue weighted by Gasteiger charge is 2.28. The lowest BCUT2D eigenvalue weighted by Crippen LogP contribution is -2.91. The van der Waals surface area contributed by atoms with Crippen molar-refractivity contribution in [3.63, 3.8) is 0 Å². The van der Waals surface area contributed by atoms with Crippen LogP contribution >= 0.6 is 0 Å². The van der Waals surface area contributed by atoms with Crippen LogP contribution in [0.1, 0.15) is 12.5 Å². The molecule has 1 aliphatic rings. The number of methoxy groups -OCH3 is 3. The Morgan fingerprint density at radius 3 is 2.35 bits per heavy atom. The molecular formula is C20H26NO5+. The van der Waals surface area contributed by atoms with Crippen molar-refractivity contribution in [3.8, 4) is 28.7 Å². The van der Waals surface area contributed by atoms with E-state index in [1.54, 1.807) is 21.3 Å². The van der Waals surface area contributed by atoms with Crippen molar-refractivity contribution < 1.29 is 29.0 Å². The van der Waals surface area contributed by atoms with Gasteiger partial charge in [-0.25, -0.2) is 0 Å². The summed E-state index contributed by atoms with van der Waals surface area (Å²) >= 11 is 0. The van der Waals surface area contributed by atoms with Gasteiger partial charge < -0.3 is 29.0 Å². The third-order valence-electron chi connectivity index (χ3n) is 4.61. The summed E-state index contributed by atoms with van der Waals surface area (Å²) < 4.78 is 28.1. The van der Waals surface area contributed by atoms with E-state index in [-0.39, 0.29) is 12.1 Å². The van der Waals surface area contributed by atoms with E-state index < -0.39 is 0 Å². The minimum Gasteiger partial charge on any atom is -0.496 e. The largest absolute Gasteiger partial charge is 0.496 e. The number of para-hydroxylation sites is 2. The third-order valence-corrected chi connectivity index (χ3v) is 4.61. The van der Waals surface area contributed by atoms with Crippen molar-refractivity contribution in [1.82, 2.24) is 0 Å². The van der Waals surface area contributed by atoms with E-state index in [9.17, 15) is 0 Å². The fourth-order valence-corrected chi connectivity index (χ4v) is 3.01. The molecule has 0 spiro atoms. The average molecular weight is 360 g/mol. The molecule has 140 valence electrons. The number of quaternary nitrogens is 1. The Hall–Kier alpha value is -2.60. The first-order valence-corrected chi connectivity index (χ1v) is 8.67. The van der Waals surface area contributed by atoms with Crippen LogP contribution in [0.15, 0.2) is 36.4 Å². The van der Waals surface area contributed by atoms with Crippen molar-refractivity contribution in [2.45, 2.75) is 25.6 Å². The number of fused-ring (bicyclic) bond motifs is 1. The average Bonchev–Trinajstić information content (AvgIpc) is 2.70. The Kier molecular flexibility index (Phi) is 5.73. The number of ether oxygens (including phenoxy) is 5. The smallest absolute Gasteiger partial charge is 0.184 e. The summed E-state index contributed by atoms with van der Waals surface area (Å²) in [6.07, 6.45) is -0.0176. The van der Waals surface area contributed by atoms with E-state index in [4.69, 9.17) is 23.7 Å². The first-order chi connectivity index (χ1) is 12.7. The molecule has 1 heterocycles. The first kappa shape index (κ1) is 18.2. The van der Waals surface area contributed by atoms with Gasteiger partial charge in [0.1, 0.15) is 24.9 Å². The van der Waals surface area contributed by atoms with E-state index in [2.05, 4.69) is 12.2 Å². The van der Waals surface area contributed by atoms with Crippen LogP contribution in [0, 0.1) is 0 Å². The molecule has 0 radical (unpaired) electrons.